The zero-order chi connectivity index (χ0) is 16.2. The fourth-order valence-corrected chi connectivity index (χ4v) is 3.01. The largest absolute Gasteiger partial charge is 0.353 e. The highest BCUT2D eigenvalue weighted by Gasteiger charge is 2.32. The molecule has 2 amide bonds. The Morgan fingerprint density at radius 2 is 1.91 bits per heavy atom. The zero-order valence-corrected chi connectivity index (χ0v) is 13.1. The number of amides is 2. The van der Waals surface area contributed by atoms with E-state index in [4.69, 9.17) is 0 Å². The molecule has 6 heteroatoms. The number of quaternary nitrogens is 1. The lowest BCUT2D eigenvalue weighted by Gasteiger charge is -2.29. The van der Waals surface area contributed by atoms with Crippen molar-refractivity contribution in [2.45, 2.75) is 31.7 Å². The fraction of sp³-hybridized carbons (Fsp3) is 0.529. The second-order valence-corrected chi connectivity index (χ2v) is 6.54. The standard InChI is InChI=1S/C17H22FN3O2/c18-13-2-1-3-15(10-13)19-16(22)11-21-8-6-14(7-9-21)20-17(23)12-4-5-12/h1-3,10,12,14H,4-9,11H2,(H,19,22)(H,20,23)/p+1. The van der Waals surface area contributed by atoms with Crippen LogP contribution < -0.4 is 15.5 Å². The topological polar surface area (TPSA) is 62.6 Å². The normalized spacial score (nSPS) is 24.0. The monoisotopic (exact) mass is 320 g/mol. The van der Waals surface area contributed by atoms with Crippen LogP contribution in [0.15, 0.2) is 24.3 Å². The minimum atomic E-state index is -0.359. The van der Waals surface area contributed by atoms with Crippen LogP contribution in [0.25, 0.3) is 0 Å². The second kappa shape index (κ2) is 7.08. The van der Waals surface area contributed by atoms with Gasteiger partial charge in [0, 0.05) is 30.5 Å². The van der Waals surface area contributed by atoms with E-state index in [1.807, 2.05) is 0 Å². The number of halogens is 1. The summed E-state index contributed by atoms with van der Waals surface area (Å²) >= 11 is 0. The first-order valence-electron chi connectivity index (χ1n) is 8.29. The number of carbonyl (C=O) groups excluding carboxylic acids is 2. The van der Waals surface area contributed by atoms with Gasteiger partial charge in [-0.2, -0.15) is 0 Å². The van der Waals surface area contributed by atoms with E-state index >= 15 is 0 Å². The van der Waals surface area contributed by atoms with E-state index in [1.54, 1.807) is 12.1 Å². The Labute approximate surface area is 135 Å². The van der Waals surface area contributed by atoms with Crippen LogP contribution in [0.2, 0.25) is 0 Å². The van der Waals surface area contributed by atoms with Gasteiger partial charge in [-0.3, -0.25) is 9.59 Å². The van der Waals surface area contributed by atoms with E-state index in [0.29, 0.717) is 12.2 Å². The molecule has 0 atom stereocenters. The van der Waals surface area contributed by atoms with Crippen LogP contribution in [0.1, 0.15) is 25.7 Å². The van der Waals surface area contributed by atoms with E-state index < -0.39 is 0 Å². The predicted octanol–water partition coefficient (Wildman–Crippen LogP) is 0.338. The summed E-state index contributed by atoms with van der Waals surface area (Å²) in [6.45, 7) is 2.11. The van der Waals surface area contributed by atoms with E-state index in [2.05, 4.69) is 10.6 Å². The molecule has 1 aromatic rings. The number of anilines is 1. The smallest absolute Gasteiger partial charge is 0.279 e. The highest BCUT2D eigenvalue weighted by Crippen LogP contribution is 2.29. The van der Waals surface area contributed by atoms with Crippen molar-refractivity contribution in [3.05, 3.63) is 30.1 Å². The summed E-state index contributed by atoms with van der Waals surface area (Å²) in [7, 11) is 0. The Morgan fingerprint density at radius 1 is 1.17 bits per heavy atom. The molecule has 0 bridgehead atoms. The minimum Gasteiger partial charge on any atom is -0.353 e. The molecular weight excluding hydrogens is 297 g/mol. The van der Waals surface area contributed by atoms with Crippen molar-refractivity contribution in [1.29, 1.82) is 0 Å². The third kappa shape index (κ3) is 4.76. The summed E-state index contributed by atoms with van der Waals surface area (Å²) in [6, 6.07) is 6.16. The number of carbonyl (C=O) groups is 2. The molecule has 1 saturated carbocycles. The first-order chi connectivity index (χ1) is 11.1. The third-order valence-corrected chi connectivity index (χ3v) is 4.51. The van der Waals surface area contributed by atoms with Gasteiger partial charge in [0.05, 0.1) is 13.1 Å². The van der Waals surface area contributed by atoms with Gasteiger partial charge in [0.1, 0.15) is 5.82 Å². The number of likely N-dealkylation sites (tertiary alicyclic amines) is 1. The van der Waals surface area contributed by atoms with E-state index in [9.17, 15) is 14.0 Å². The van der Waals surface area contributed by atoms with Gasteiger partial charge in [0.2, 0.25) is 5.91 Å². The average Bonchev–Trinajstić information content (AvgIpc) is 3.34. The molecule has 0 unspecified atom stereocenters. The molecular formula is C17H23FN3O2+. The van der Waals surface area contributed by atoms with Gasteiger partial charge >= 0.3 is 0 Å². The van der Waals surface area contributed by atoms with E-state index in [0.717, 1.165) is 38.8 Å². The molecule has 2 aliphatic rings. The molecule has 5 nitrogen and oxygen atoms in total. The Balaban J connectivity index is 1.39. The number of hydrogen-bond acceptors (Lipinski definition) is 2. The zero-order valence-electron chi connectivity index (χ0n) is 13.1. The van der Waals surface area contributed by atoms with Gasteiger partial charge in [-0.25, -0.2) is 4.39 Å². The van der Waals surface area contributed by atoms with Crippen LogP contribution >= 0.6 is 0 Å². The molecule has 1 saturated heterocycles. The lowest BCUT2D eigenvalue weighted by Crippen LogP contribution is -3.14. The van der Waals surface area contributed by atoms with Crippen molar-refractivity contribution in [3.8, 4) is 0 Å². The van der Waals surface area contributed by atoms with Crippen molar-refractivity contribution in [3.63, 3.8) is 0 Å². The number of rotatable bonds is 5. The molecule has 0 radical (unpaired) electrons. The Hall–Kier alpha value is -1.95. The van der Waals surface area contributed by atoms with E-state index in [1.165, 1.54) is 17.0 Å². The fourth-order valence-electron chi connectivity index (χ4n) is 3.01. The van der Waals surface area contributed by atoms with E-state index in [-0.39, 0.29) is 29.6 Å². The quantitative estimate of drug-likeness (QED) is 0.732. The molecule has 0 spiro atoms. The second-order valence-electron chi connectivity index (χ2n) is 6.54. The molecule has 23 heavy (non-hydrogen) atoms. The maximum absolute atomic E-state index is 13.1. The van der Waals surface area contributed by atoms with Crippen LogP contribution in [0.5, 0.6) is 0 Å². The van der Waals surface area contributed by atoms with Gasteiger partial charge in [0.15, 0.2) is 6.54 Å². The van der Waals surface area contributed by atoms with Gasteiger partial charge in [-0.15, -0.1) is 0 Å². The first kappa shape index (κ1) is 15.9. The van der Waals surface area contributed by atoms with Gasteiger partial charge in [-0.05, 0) is 31.0 Å². The molecule has 2 fully saturated rings. The Kier molecular flexibility index (Phi) is 4.91. The molecule has 3 N–H and O–H groups in total. The minimum absolute atomic E-state index is 0.105. The summed E-state index contributed by atoms with van der Waals surface area (Å²) in [5.41, 5.74) is 0.487. The first-order valence-corrected chi connectivity index (χ1v) is 8.29. The van der Waals surface area contributed by atoms with Crippen molar-refractivity contribution >= 4 is 17.5 Å². The molecule has 1 heterocycles. The molecule has 124 valence electrons. The van der Waals surface area contributed by atoms with Crippen LogP contribution in [0.4, 0.5) is 10.1 Å². The summed E-state index contributed by atoms with van der Waals surface area (Å²) in [5, 5.41) is 5.83. The maximum atomic E-state index is 13.1. The number of piperidine rings is 1. The lowest BCUT2D eigenvalue weighted by molar-refractivity contribution is -0.897. The predicted molar refractivity (Wildman–Crippen MR) is 84.5 cm³/mol. The van der Waals surface area contributed by atoms with Crippen LogP contribution in [-0.4, -0.2) is 37.5 Å². The SMILES string of the molecule is O=C(C[NH+]1CCC(NC(=O)C2CC2)CC1)Nc1cccc(F)c1. The average molecular weight is 320 g/mol. The molecule has 0 aromatic heterocycles. The molecule has 1 aliphatic carbocycles. The van der Waals surface area contributed by atoms with Crippen molar-refractivity contribution in [2.24, 2.45) is 5.92 Å². The van der Waals surface area contributed by atoms with Gasteiger partial charge < -0.3 is 15.5 Å². The molecule has 1 aromatic carbocycles. The van der Waals surface area contributed by atoms with Crippen LogP contribution in [0, 0.1) is 11.7 Å². The number of nitrogens with one attached hydrogen (secondary N) is 3. The van der Waals surface area contributed by atoms with Crippen molar-refractivity contribution in [1.82, 2.24) is 5.32 Å². The molecule has 3 rings (SSSR count). The summed E-state index contributed by atoms with van der Waals surface area (Å²) in [4.78, 5) is 25.0. The molecule has 1 aliphatic heterocycles. The lowest BCUT2D eigenvalue weighted by atomic mass is 10.0. The van der Waals surface area contributed by atoms with Crippen molar-refractivity contribution < 1.29 is 18.9 Å². The summed E-state index contributed by atoms with van der Waals surface area (Å²) < 4.78 is 13.1. The van der Waals surface area contributed by atoms with Gasteiger partial charge in [-0.1, -0.05) is 6.07 Å². The number of benzene rings is 1. The highest BCUT2D eigenvalue weighted by atomic mass is 19.1. The maximum Gasteiger partial charge on any atom is 0.279 e. The van der Waals surface area contributed by atoms with Gasteiger partial charge in [0.25, 0.3) is 5.91 Å². The summed E-state index contributed by atoms with van der Waals surface area (Å²) in [5.74, 6) is -0.0202. The van der Waals surface area contributed by atoms with Crippen LogP contribution in [-0.2, 0) is 9.59 Å². The Morgan fingerprint density at radius 3 is 2.57 bits per heavy atom. The number of hydrogen-bond donors (Lipinski definition) is 3. The summed E-state index contributed by atoms with van der Waals surface area (Å²) in [6.07, 6.45) is 3.86. The van der Waals surface area contributed by atoms with Crippen molar-refractivity contribution in [2.75, 3.05) is 25.0 Å². The van der Waals surface area contributed by atoms with Crippen LogP contribution in [0.3, 0.4) is 0 Å². The third-order valence-electron chi connectivity index (χ3n) is 4.51. The highest BCUT2D eigenvalue weighted by molar-refractivity contribution is 5.91. The Bertz CT molecular complexity index is 581.